The third-order valence-electron chi connectivity index (χ3n) is 5.42. The van der Waals surface area contributed by atoms with Gasteiger partial charge < -0.3 is 4.74 Å². The highest BCUT2D eigenvalue weighted by Crippen LogP contribution is 2.40. The number of nitrogens with two attached hydrogens (primary N) is 1. The summed E-state index contributed by atoms with van der Waals surface area (Å²) in [6, 6.07) is 17.6. The molecule has 2 aromatic rings. The monoisotopic (exact) mass is 322 g/mol. The molecule has 4 rings (SSSR count). The molecule has 1 saturated heterocycles. The van der Waals surface area contributed by atoms with E-state index in [4.69, 9.17) is 10.6 Å². The minimum atomic E-state index is 0.287. The quantitative estimate of drug-likeness (QED) is 0.872. The summed E-state index contributed by atoms with van der Waals surface area (Å²) in [5.41, 5.74) is 4.03. The number of para-hydroxylation sites is 1. The SMILES string of the molecule is C[C@H]1Cc2cccc(C[C@@H]3CCCN(N)C3c3ccccc3)c2O1. The average molecular weight is 322 g/mol. The van der Waals surface area contributed by atoms with Gasteiger partial charge in [0.15, 0.2) is 0 Å². The van der Waals surface area contributed by atoms with Gasteiger partial charge in [-0.05, 0) is 48.8 Å². The third kappa shape index (κ3) is 2.94. The first-order valence-electron chi connectivity index (χ1n) is 9.06. The Morgan fingerprint density at radius 3 is 2.79 bits per heavy atom. The maximum Gasteiger partial charge on any atom is 0.126 e. The molecule has 2 aliphatic heterocycles. The minimum absolute atomic E-state index is 0.287. The number of hydrazine groups is 1. The first-order valence-corrected chi connectivity index (χ1v) is 9.06. The number of nitrogens with zero attached hydrogens (tertiary/aromatic N) is 1. The van der Waals surface area contributed by atoms with Crippen molar-refractivity contribution in [3.8, 4) is 5.75 Å². The van der Waals surface area contributed by atoms with E-state index in [0.717, 1.165) is 31.6 Å². The molecule has 0 aromatic heterocycles. The Labute approximate surface area is 144 Å². The summed E-state index contributed by atoms with van der Waals surface area (Å²) in [7, 11) is 0. The van der Waals surface area contributed by atoms with E-state index >= 15 is 0 Å². The zero-order valence-corrected chi connectivity index (χ0v) is 14.3. The van der Waals surface area contributed by atoms with E-state index in [1.165, 1.54) is 23.1 Å². The second kappa shape index (κ2) is 6.58. The summed E-state index contributed by atoms with van der Waals surface area (Å²) >= 11 is 0. The van der Waals surface area contributed by atoms with Crippen LogP contribution >= 0.6 is 0 Å². The average Bonchev–Trinajstić information content (AvgIpc) is 2.97. The largest absolute Gasteiger partial charge is 0.490 e. The maximum atomic E-state index is 6.39. The molecule has 0 spiro atoms. The molecule has 2 N–H and O–H groups in total. The number of fused-ring (bicyclic) bond motifs is 1. The summed E-state index contributed by atoms with van der Waals surface area (Å²) < 4.78 is 6.10. The smallest absolute Gasteiger partial charge is 0.126 e. The fourth-order valence-corrected chi connectivity index (χ4v) is 4.38. The number of benzene rings is 2. The van der Waals surface area contributed by atoms with Gasteiger partial charge >= 0.3 is 0 Å². The Balaban J connectivity index is 1.62. The minimum Gasteiger partial charge on any atom is -0.490 e. The van der Waals surface area contributed by atoms with E-state index in [1.54, 1.807) is 0 Å². The first kappa shape index (κ1) is 15.7. The highest BCUT2D eigenvalue weighted by Gasteiger charge is 2.32. The van der Waals surface area contributed by atoms with Crippen molar-refractivity contribution in [1.29, 1.82) is 0 Å². The second-order valence-electron chi connectivity index (χ2n) is 7.24. The summed E-state index contributed by atoms with van der Waals surface area (Å²) in [6.45, 7) is 3.12. The lowest BCUT2D eigenvalue weighted by molar-refractivity contribution is 0.0921. The predicted molar refractivity (Wildman–Crippen MR) is 96.7 cm³/mol. The Bertz CT molecular complexity index is 700. The van der Waals surface area contributed by atoms with Crippen LogP contribution in [0.3, 0.4) is 0 Å². The molecular weight excluding hydrogens is 296 g/mol. The molecule has 1 unspecified atom stereocenters. The normalized spacial score (nSPS) is 26.8. The molecule has 24 heavy (non-hydrogen) atoms. The molecule has 2 aromatic carbocycles. The molecule has 0 amide bonds. The molecule has 126 valence electrons. The summed E-state index contributed by atoms with van der Waals surface area (Å²) in [5, 5.41) is 2.04. The highest BCUT2D eigenvalue weighted by molar-refractivity contribution is 5.45. The van der Waals surface area contributed by atoms with E-state index in [9.17, 15) is 0 Å². The number of piperidine rings is 1. The van der Waals surface area contributed by atoms with Crippen LogP contribution in [-0.4, -0.2) is 17.7 Å². The van der Waals surface area contributed by atoms with Gasteiger partial charge in [0, 0.05) is 13.0 Å². The van der Waals surface area contributed by atoms with Crippen molar-refractivity contribution in [2.24, 2.45) is 11.8 Å². The first-order chi connectivity index (χ1) is 11.7. The van der Waals surface area contributed by atoms with Gasteiger partial charge in [0.05, 0.1) is 6.04 Å². The number of hydrogen-bond acceptors (Lipinski definition) is 3. The van der Waals surface area contributed by atoms with Gasteiger partial charge in [-0.15, -0.1) is 0 Å². The topological polar surface area (TPSA) is 38.5 Å². The van der Waals surface area contributed by atoms with Crippen molar-refractivity contribution in [3.05, 3.63) is 65.2 Å². The van der Waals surface area contributed by atoms with Crippen molar-refractivity contribution in [1.82, 2.24) is 5.01 Å². The van der Waals surface area contributed by atoms with Crippen LogP contribution in [0.2, 0.25) is 0 Å². The lowest BCUT2D eigenvalue weighted by atomic mass is 9.81. The second-order valence-corrected chi connectivity index (χ2v) is 7.24. The summed E-state index contributed by atoms with van der Waals surface area (Å²) in [6.07, 6.45) is 4.73. The molecule has 2 heterocycles. The van der Waals surface area contributed by atoms with Crippen LogP contribution in [0.25, 0.3) is 0 Å². The van der Waals surface area contributed by atoms with Crippen LogP contribution in [0, 0.1) is 5.92 Å². The van der Waals surface area contributed by atoms with Crippen molar-refractivity contribution >= 4 is 0 Å². The van der Waals surface area contributed by atoms with E-state index in [-0.39, 0.29) is 6.04 Å². The van der Waals surface area contributed by atoms with Crippen molar-refractivity contribution < 1.29 is 4.74 Å². The van der Waals surface area contributed by atoms with Crippen molar-refractivity contribution in [3.63, 3.8) is 0 Å². The van der Waals surface area contributed by atoms with Crippen LogP contribution in [0.4, 0.5) is 0 Å². The molecular formula is C21H26N2O. The summed E-state index contributed by atoms with van der Waals surface area (Å²) in [5.74, 6) is 8.05. The van der Waals surface area contributed by atoms with Crippen molar-refractivity contribution in [2.75, 3.05) is 6.54 Å². The van der Waals surface area contributed by atoms with Gasteiger partial charge in [0.25, 0.3) is 0 Å². The van der Waals surface area contributed by atoms with E-state index < -0.39 is 0 Å². The fraction of sp³-hybridized carbons (Fsp3) is 0.429. The van der Waals surface area contributed by atoms with Gasteiger partial charge in [-0.2, -0.15) is 0 Å². The molecule has 3 nitrogen and oxygen atoms in total. The summed E-state index contributed by atoms with van der Waals surface area (Å²) in [4.78, 5) is 0. The Morgan fingerprint density at radius 2 is 1.96 bits per heavy atom. The molecule has 3 atom stereocenters. The zero-order chi connectivity index (χ0) is 16.5. The third-order valence-corrected chi connectivity index (χ3v) is 5.42. The van der Waals surface area contributed by atoms with Crippen molar-refractivity contribution in [2.45, 2.75) is 44.8 Å². The number of rotatable bonds is 3. The maximum absolute atomic E-state index is 6.39. The molecule has 1 fully saturated rings. The van der Waals surface area contributed by atoms with Gasteiger partial charge in [-0.25, -0.2) is 5.01 Å². The molecule has 0 bridgehead atoms. The van der Waals surface area contributed by atoms with Gasteiger partial charge in [0.2, 0.25) is 0 Å². The lowest BCUT2D eigenvalue weighted by Gasteiger charge is -2.39. The molecule has 3 heteroatoms. The van der Waals surface area contributed by atoms with Crippen LogP contribution < -0.4 is 10.6 Å². The van der Waals surface area contributed by atoms with Crippen LogP contribution in [-0.2, 0) is 12.8 Å². The van der Waals surface area contributed by atoms with Crippen LogP contribution in [0.1, 0.15) is 42.5 Å². The van der Waals surface area contributed by atoms with Crippen LogP contribution in [0.5, 0.6) is 5.75 Å². The van der Waals surface area contributed by atoms with E-state index in [2.05, 4.69) is 55.5 Å². The predicted octanol–water partition coefficient (Wildman–Crippen LogP) is 3.88. The standard InChI is InChI=1S/C21H26N2O/c1-15-13-18-9-5-10-19(21(18)24-15)14-17-11-6-12-23(22)20(17)16-7-3-2-4-8-16/h2-5,7-10,15,17,20H,6,11-14,22H2,1H3/t15-,17-,20?/m0/s1. The molecule has 2 aliphatic rings. The number of ether oxygens (including phenoxy) is 1. The molecule has 0 aliphatic carbocycles. The van der Waals surface area contributed by atoms with E-state index in [1.807, 2.05) is 5.01 Å². The zero-order valence-electron chi connectivity index (χ0n) is 14.3. The number of hydrogen-bond donors (Lipinski definition) is 1. The highest BCUT2D eigenvalue weighted by atomic mass is 16.5. The lowest BCUT2D eigenvalue weighted by Crippen LogP contribution is -2.44. The fourth-order valence-electron chi connectivity index (χ4n) is 4.38. The van der Waals surface area contributed by atoms with Crippen LogP contribution in [0.15, 0.2) is 48.5 Å². The Hall–Kier alpha value is -1.84. The van der Waals surface area contributed by atoms with Gasteiger partial charge in [-0.1, -0.05) is 48.5 Å². The van der Waals surface area contributed by atoms with E-state index in [0.29, 0.717) is 12.0 Å². The van der Waals surface area contributed by atoms with Gasteiger partial charge in [-0.3, -0.25) is 5.84 Å². The molecule has 0 saturated carbocycles. The Morgan fingerprint density at radius 1 is 1.12 bits per heavy atom. The molecule has 0 radical (unpaired) electrons. The van der Waals surface area contributed by atoms with Gasteiger partial charge in [0.1, 0.15) is 11.9 Å². The Kier molecular flexibility index (Phi) is 4.30.